The minimum atomic E-state index is -3.67. The van der Waals surface area contributed by atoms with Crippen molar-refractivity contribution in [2.75, 3.05) is 11.9 Å². The standard InChI is InChI=1S/C16H17N3O5S/c1-12-14(8-5-9-15(12)19(21)22)18-16(20)10-11-17-25(23,24)13-6-3-2-4-7-13/h2-9,17H,10-11H2,1H3,(H,18,20). The monoisotopic (exact) mass is 363 g/mol. The minimum Gasteiger partial charge on any atom is -0.326 e. The Morgan fingerprint density at radius 2 is 1.80 bits per heavy atom. The number of nitro groups is 1. The number of nitrogens with zero attached hydrogens (tertiary/aromatic N) is 1. The maximum atomic E-state index is 12.0. The molecule has 0 fully saturated rings. The predicted octanol–water partition coefficient (Wildman–Crippen LogP) is 2.21. The molecule has 0 aromatic heterocycles. The summed E-state index contributed by atoms with van der Waals surface area (Å²) in [5.74, 6) is -0.445. The van der Waals surface area contributed by atoms with Gasteiger partial charge in [-0.1, -0.05) is 24.3 Å². The van der Waals surface area contributed by atoms with Crippen LogP contribution in [0.4, 0.5) is 11.4 Å². The highest BCUT2D eigenvalue weighted by atomic mass is 32.2. The summed E-state index contributed by atoms with van der Waals surface area (Å²) in [7, 11) is -3.67. The van der Waals surface area contributed by atoms with Crippen molar-refractivity contribution in [3.63, 3.8) is 0 Å². The van der Waals surface area contributed by atoms with Crippen LogP contribution < -0.4 is 10.0 Å². The third-order valence-electron chi connectivity index (χ3n) is 3.47. The highest BCUT2D eigenvalue weighted by molar-refractivity contribution is 7.89. The SMILES string of the molecule is Cc1c(NC(=O)CCNS(=O)(=O)c2ccccc2)cccc1[N+](=O)[O-]. The summed E-state index contributed by atoms with van der Waals surface area (Å²) in [5.41, 5.74) is 0.568. The number of carbonyl (C=O) groups excluding carboxylic acids is 1. The first-order chi connectivity index (χ1) is 11.8. The molecule has 0 aliphatic heterocycles. The van der Waals surface area contributed by atoms with Gasteiger partial charge in [0.2, 0.25) is 15.9 Å². The van der Waals surface area contributed by atoms with Crippen LogP contribution in [0.1, 0.15) is 12.0 Å². The van der Waals surface area contributed by atoms with E-state index in [2.05, 4.69) is 10.0 Å². The zero-order valence-electron chi connectivity index (χ0n) is 13.4. The fourth-order valence-electron chi connectivity index (χ4n) is 2.15. The van der Waals surface area contributed by atoms with E-state index in [-0.39, 0.29) is 23.5 Å². The molecule has 2 N–H and O–H groups in total. The van der Waals surface area contributed by atoms with Crippen molar-refractivity contribution in [3.8, 4) is 0 Å². The van der Waals surface area contributed by atoms with Gasteiger partial charge in [-0.05, 0) is 25.1 Å². The molecular weight excluding hydrogens is 346 g/mol. The Morgan fingerprint density at radius 1 is 1.12 bits per heavy atom. The van der Waals surface area contributed by atoms with Gasteiger partial charge >= 0.3 is 0 Å². The summed E-state index contributed by atoms with van der Waals surface area (Å²) < 4.78 is 26.4. The smallest absolute Gasteiger partial charge is 0.274 e. The van der Waals surface area contributed by atoms with Crippen LogP contribution in [-0.2, 0) is 14.8 Å². The molecule has 9 heteroatoms. The van der Waals surface area contributed by atoms with E-state index in [4.69, 9.17) is 0 Å². The van der Waals surface area contributed by atoms with Crippen LogP contribution in [0.2, 0.25) is 0 Å². The van der Waals surface area contributed by atoms with Gasteiger partial charge in [-0.15, -0.1) is 0 Å². The van der Waals surface area contributed by atoms with Crippen LogP contribution in [0.25, 0.3) is 0 Å². The van der Waals surface area contributed by atoms with Gasteiger partial charge in [0.1, 0.15) is 0 Å². The third-order valence-corrected chi connectivity index (χ3v) is 4.95. The number of carbonyl (C=O) groups is 1. The van der Waals surface area contributed by atoms with Gasteiger partial charge < -0.3 is 5.32 Å². The van der Waals surface area contributed by atoms with Crippen LogP contribution >= 0.6 is 0 Å². The van der Waals surface area contributed by atoms with Gasteiger partial charge in [0.25, 0.3) is 5.69 Å². The highest BCUT2D eigenvalue weighted by Gasteiger charge is 2.16. The van der Waals surface area contributed by atoms with Crippen LogP contribution in [0, 0.1) is 17.0 Å². The lowest BCUT2D eigenvalue weighted by molar-refractivity contribution is -0.385. The quantitative estimate of drug-likeness (QED) is 0.577. The van der Waals surface area contributed by atoms with E-state index in [1.807, 2.05) is 0 Å². The maximum absolute atomic E-state index is 12.0. The molecular formula is C16H17N3O5S. The van der Waals surface area contributed by atoms with Crippen molar-refractivity contribution in [2.24, 2.45) is 0 Å². The van der Waals surface area contributed by atoms with Crippen molar-refractivity contribution in [2.45, 2.75) is 18.2 Å². The van der Waals surface area contributed by atoms with Gasteiger partial charge in [0, 0.05) is 19.0 Å². The normalized spacial score (nSPS) is 11.1. The lowest BCUT2D eigenvalue weighted by Gasteiger charge is -2.09. The average molecular weight is 363 g/mol. The summed E-state index contributed by atoms with van der Waals surface area (Å²) in [5, 5.41) is 13.4. The molecule has 0 spiro atoms. The number of anilines is 1. The Balaban J connectivity index is 1.94. The van der Waals surface area contributed by atoms with Crippen LogP contribution in [0.3, 0.4) is 0 Å². The minimum absolute atomic E-state index is 0.0863. The Labute approximate surface area is 145 Å². The molecule has 132 valence electrons. The summed E-state index contributed by atoms with van der Waals surface area (Å²) in [6, 6.07) is 12.2. The predicted molar refractivity (Wildman–Crippen MR) is 92.7 cm³/mol. The summed E-state index contributed by atoms with van der Waals surface area (Å²) in [4.78, 5) is 22.4. The van der Waals surface area contributed by atoms with E-state index in [1.165, 1.54) is 31.2 Å². The van der Waals surface area contributed by atoms with E-state index in [0.717, 1.165) is 0 Å². The van der Waals surface area contributed by atoms with Crippen molar-refractivity contribution in [3.05, 3.63) is 64.2 Å². The van der Waals surface area contributed by atoms with Crippen molar-refractivity contribution in [1.82, 2.24) is 4.72 Å². The highest BCUT2D eigenvalue weighted by Crippen LogP contribution is 2.25. The number of nitro benzene ring substituents is 1. The molecule has 0 saturated heterocycles. The van der Waals surface area contributed by atoms with E-state index < -0.39 is 20.9 Å². The molecule has 2 rings (SSSR count). The molecule has 0 radical (unpaired) electrons. The fourth-order valence-corrected chi connectivity index (χ4v) is 3.20. The van der Waals surface area contributed by atoms with Gasteiger partial charge in [0.15, 0.2) is 0 Å². The van der Waals surface area contributed by atoms with Gasteiger partial charge in [-0.3, -0.25) is 14.9 Å². The van der Waals surface area contributed by atoms with E-state index in [1.54, 1.807) is 24.3 Å². The molecule has 2 aromatic rings. The molecule has 1 amide bonds. The number of amides is 1. The number of hydrogen-bond acceptors (Lipinski definition) is 5. The van der Waals surface area contributed by atoms with Crippen molar-refractivity contribution < 1.29 is 18.1 Å². The molecule has 0 unspecified atom stereocenters. The largest absolute Gasteiger partial charge is 0.326 e. The van der Waals surface area contributed by atoms with Gasteiger partial charge in [-0.2, -0.15) is 0 Å². The number of rotatable bonds is 7. The Morgan fingerprint density at radius 3 is 2.44 bits per heavy atom. The summed E-state index contributed by atoms with van der Waals surface area (Å²) in [6.07, 6.45) is -0.103. The van der Waals surface area contributed by atoms with E-state index in [0.29, 0.717) is 11.3 Å². The lowest BCUT2D eigenvalue weighted by Crippen LogP contribution is -2.27. The number of hydrogen-bond donors (Lipinski definition) is 2. The van der Waals surface area contributed by atoms with E-state index >= 15 is 0 Å². The molecule has 8 nitrogen and oxygen atoms in total. The molecule has 25 heavy (non-hydrogen) atoms. The number of benzene rings is 2. The first-order valence-electron chi connectivity index (χ1n) is 7.40. The lowest BCUT2D eigenvalue weighted by atomic mass is 10.1. The zero-order chi connectivity index (χ0) is 18.4. The molecule has 0 aliphatic carbocycles. The third kappa shape index (κ3) is 4.85. The second kappa shape index (κ2) is 7.86. The molecule has 0 heterocycles. The molecule has 0 aliphatic rings. The topological polar surface area (TPSA) is 118 Å². The average Bonchev–Trinajstić information content (AvgIpc) is 2.57. The van der Waals surface area contributed by atoms with Crippen LogP contribution in [-0.4, -0.2) is 25.8 Å². The van der Waals surface area contributed by atoms with Crippen LogP contribution in [0.5, 0.6) is 0 Å². The second-order valence-electron chi connectivity index (χ2n) is 5.22. The Kier molecular flexibility index (Phi) is 5.84. The number of sulfonamides is 1. The van der Waals surface area contributed by atoms with E-state index in [9.17, 15) is 23.3 Å². The Hall–Kier alpha value is -2.78. The maximum Gasteiger partial charge on any atom is 0.274 e. The van der Waals surface area contributed by atoms with Crippen LogP contribution in [0.15, 0.2) is 53.4 Å². The summed E-state index contributed by atoms with van der Waals surface area (Å²) >= 11 is 0. The molecule has 2 aromatic carbocycles. The van der Waals surface area contributed by atoms with Crippen molar-refractivity contribution in [1.29, 1.82) is 0 Å². The fraction of sp³-hybridized carbons (Fsp3) is 0.188. The number of nitrogens with one attached hydrogen (secondary N) is 2. The molecule has 0 atom stereocenters. The molecule has 0 saturated carbocycles. The van der Waals surface area contributed by atoms with Gasteiger partial charge in [0.05, 0.1) is 21.1 Å². The Bertz CT molecular complexity index is 882. The summed E-state index contributed by atoms with van der Waals surface area (Å²) in [6.45, 7) is 1.45. The first-order valence-corrected chi connectivity index (χ1v) is 8.88. The van der Waals surface area contributed by atoms with Gasteiger partial charge in [-0.25, -0.2) is 13.1 Å². The zero-order valence-corrected chi connectivity index (χ0v) is 14.2. The molecule has 0 bridgehead atoms. The van der Waals surface area contributed by atoms with Crippen molar-refractivity contribution >= 4 is 27.3 Å². The second-order valence-corrected chi connectivity index (χ2v) is 6.98. The first kappa shape index (κ1) is 18.6.